The Kier molecular flexibility index (Phi) is 8.57. The van der Waals surface area contributed by atoms with E-state index in [9.17, 15) is 14.7 Å². The Labute approximate surface area is 235 Å². The first-order valence-electron chi connectivity index (χ1n) is 13.7. The summed E-state index contributed by atoms with van der Waals surface area (Å²) in [5.41, 5.74) is 4.08. The lowest BCUT2D eigenvalue weighted by molar-refractivity contribution is -0.163. The van der Waals surface area contributed by atoms with Crippen molar-refractivity contribution in [3.05, 3.63) is 88.4 Å². The highest BCUT2D eigenvalue weighted by atomic mass is 16.6. The number of hydrogen-bond acceptors (Lipinski definition) is 6. The normalized spacial score (nSPS) is 12.3. The molecule has 8 nitrogen and oxygen atoms in total. The summed E-state index contributed by atoms with van der Waals surface area (Å²) in [6.45, 7) is 12.0. The average molecular weight is 544 g/mol. The Morgan fingerprint density at radius 1 is 1.02 bits per heavy atom. The molecule has 0 saturated carbocycles. The van der Waals surface area contributed by atoms with E-state index >= 15 is 0 Å². The molecule has 0 amide bonds. The highest BCUT2D eigenvalue weighted by Crippen LogP contribution is 2.30. The minimum Gasteiger partial charge on any atom is -0.477 e. The van der Waals surface area contributed by atoms with Crippen LogP contribution in [0.2, 0.25) is 0 Å². The van der Waals surface area contributed by atoms with Crippen LogP contribution in [-0.2, 0) is 28.9 Å². The topological polar surface area (TPSA) is 104 Å². The van der Waals surface area contributed by atoms with Gasteiger partial charge in [-0.3, -0.25) is 0 Å². The zero-order chi connectivity index (χ0) is 29.0. The quantitative estimate of drug-likeness (QED) is 0.229. The molecular formula is C32H37N3O5. The van der Waals surface area contributed by atoms with E-state index in [4.69, 9.17) is 14.5 Å². The summed E-state index contributed by atoms with van der Waals surface area (Å²) in [4.78, 5) is 34.1. The molecule has 0 bridgehead atoms. The zero-order valence-corrected chi connectivity index (χ0v) is 24.0. The highest BCUT2D eigenvalue weighted by molar-refractivity contribution is 5.89. The fourth-order valence-electron chi connectivity index (χ4n) is 4.69. The van der Waals surface area contributed by atoms with Crippen molar-refractivity contribution < 1.29 is 24.2 Å². The Bertz CT molecular complexity index is 1520. The van der Waals surface area contributed by atoms with Crippen molar-refractivity contribution in [2.45, 2.75) is 79.1 Å². The second kappa shape index (κ2) is 11.9. The van der Waals surface area contributed by atoms with Crippen LogP contribution in [0.3, 0.4) is 0 Å². The lowest BCUT2D eigenvalue weighted by atomic mass is 10.0. The van der Waals surface area contributed by atoms with Gasteiger partial charge in [0.25, 0.3) is 0 Å². The van der Waals surface area contributed by atoms with Gasteiger partial charge in [-0.05, 0) is 62.9 Å². The third-order valence-electron chi connectivity index (χ3n) is 6.46. The molecule has 2 aromatic carbocycles. The van der Waals surface area contributed by atoms with E-state index in [1.807, 2.05) is 81.7 Å². The van der Waals surface area contributed by atoms with Crippen molar-refractivity contribution in [2.24, 2.45) is 0 Å². The van der Waals surface area contributed by atoms with Gasteiger partial charge >= 0.3 is 11.9 Å². The van der Waals surface area contributed by atoms with E-state index < -0.39 is 23.6 Å². The van der Waals surface area contributed by atoms with Crippen molar-refractivity contribution in [1.29, 1.82) is 0 Å². The van der Waals surface area contributed by atoms with Crippen LogP contribution in [0.15, 0.2) is 54.6 Å². The predicted octanol–water partition coefficient (Wildman–Crippen LogP) is 6.46. The zero-order valence-electron chi connectivity index (χ0n) is 24.0. The first-order valence-corrected chi connectivity index (χ1v) is 13.7. The molecule has 8 heteroatoms. The summed E-state index contributed by atoms with van der Waals surface area (Å²) in [5.74, 6) is -0.0582. The van der Waals surface area contributed by atoms with Gasteiger partial charge in [0.15, 0.2) is 11.3 Å². The molecule has 2 heterocycles. The maximum atomic E-state index is 13.2. The number of benzene rings is 2. The number of carbonyl (C=O) groups is 2. The van der Waals surface area contributed by atoms with Crippen LogP contribution in [-0.4, -0.2) is 37.2 Å². The van der Waals surface area contributed by atoms with Crippen molar-refractivity contribution in [3.63, 3.8) is 0 Å². The van der Waals surface area contributed by atoms with E-state index in [1.54, 1.807) is 6.07 Å². The van der Waals surface area contributed by atoms with Gasteiger partial charge < -0.3 is 19.1 Å². The number of carbonyl (C=O) groups excluding carboxylic acids is 1. The fraction of sp³-hybridized carbons (Fsp3) is 0.375. The Balaban J connectivity index is 1.71. The molecule has 0 aliphatic carbocycles. The number of pyridine rings is 1. The largest absolute Gasteiger partial charge is 0.477 e. The first-order chi connectivity index (χ1) is 19.0. The summed E-state index contributed by atoms with van der Waals surface area (Å²) in [7, 11) is 0. The van der Waals surface area contributed by atoms with Gasteiger partial charge in [-0.25, -0.2) is 19.6 Å². The van der Waals surface area contributed by atoms with Gasteiger partial charge in [0.2, 0.25) is 6.10 Å². The Hall–Kier alpha value is -4.20. The third-order valence-corrected chi connectivity index (χ3v) is 6.46. The number of fused-ring (bicyclic) bond motifs is 1. The van der Waals surface area contributed by atoms with Crippen LogP contribution in [0.4, 0.5) is 0 Å². The van der Waals surface area contributed by atoms with E-state index in [1.165, 1.54) is 0 Å². The summed E-state index contributed by atoms with van der Waals surface area (Å²) >= 11 is 0. The number of aromatic nitrogens is 3. The van der Waals surface area contributed by atoms with Crippen LogP contribution in [0.5, 0.6) is 5.75 Å². The molecule has 0 fully saturated rings. The lowest BCUT2D eigenvalue weighted by Gasteiger charge is -2.25. The monoisotopic (exact) mass is 543 g/mol. The third kappa shape index (κ3) is 6.50. The first kappa shape index (κ1) is 28.8. The van der Waals surface area contributed by atoms with E-state index in [2.05, 4.69) is 18.0 Å². The molecular weight excluding hydrogens is 506 g/mol. The molecule has 1 unspecified atom stereocenters. The number of hydrogen-bond donors (Lipinski definition) is 1. The van der Waals surface area contributed by atoms with Crippen LogP contribution in [0.25, 0.3) is 11.2 Å². The van der Waals surface area contributed by atoms with Crippen LogP contribution in [0, 0.1) is 6.92 Å². The van der Waals surface area contributed by atoms with Crippen molar-refractivity contribution in [2.75, 3.05) is 0 Å². The van der Waals surface area contributed by atoms with E-state index in [0.29, 0.717) is 29.9 Å². The molecule has 0 radical (unpaired) electrons. The van der Waals surface area contributed by atoms with Gasteiger partial charge in [-0.1, -0.05) is 62.7 Å². The number of aryl methyl sites for hydroxylation is 3. The number of rotatable bonds is 10. The summed E-state index contributed by atoms with van der Waals surface area (Å²) in [6.07, 6.45) is 1.41. The number of carboxylic acid groups (broad SMARTS) is 1. The van der Waals surface area contributed by atoms with Crippen molar-refractivity contribution in [3.8, 4) is 5.75 Å². The van der Waals surface area contributed by atoms with Crippen molar-refractivity contribution >= 4 is 23.1 Å². The minimum atomic E-state index is -1.07. The second-order valence-electron chi connectivity index (χ2n) is 10.9. The van der Waals surface area contributed by atoms with Gasteiger partial charge in [0, 0.05) is 12.0 Å². The molecule has 0 aliphatic heterocycles. The molecule has 40 heavy (non-hydrogen) atoms. The molecule has 4 rings (SSSR count). The second-order valence-corrected chi connectivity index (χ2v) is 10.9. The number of nitrogens with zero attached hydrogens (tertiary/aromatic N) is 3. The molecule has 1 atom stereocenters. The lowest BCUT2D eigenvalue weighted by Crippen LogP contribution is -2.30. The molecule has 0 saturated heterocycles. The van der Waals surface area contributed by atoms with Crippen molar-refractivity contribution in [1.82, 2.24) is 14.5 Å². The number of carboxylic acids is 1. The highest BCUT2D eigenvalue weighted by Gasteiger charge is 2.29. The summed E-state index contributed by atoms with van der Waals surface area (Å²) in [5, 5.41) is 9.56. The van der Waals surface area contributed by atoms with Gasteiger partial charge in [-0.2, -0.15) is 0 Å². The van der Waals surface area contributed by atoms with Crippen LogP contribution in [0.1, 0.15) is 85.7 Å². The number of imidazole rings is 1. The predicted molar refractivity (Wildman–Crippen MR) is 154 cm³/mol. The summed E-state index contributed by atoms with van der Waals surface area (Å²) in [6, 6.07) is 16.9. The van der Waals surface area contributed by atoms with E-state index in [-0.39, 0.29) is 5.69 Å². The summed E-state index contributed by atoms with van der Waals surface area (Å²) < 4.78 is 14.1. The molecule has 4 aromatic rings. The maximum absolute atomic E-state index is 13.2. The Morgan fingerprint density at radius 3 is 2.38 bits per heavy atom. The van der Waals surface area contributed by atoms with Gasteiger partial charge in [0.05, 0.1) is 6.54 Å². The fourth-order valence-corrected chi connectivity index (χ4v) is 4.69. The van der Waals surface area contributed by atoms with Gasteiger partial charge in [0.1, 0.15) is 22.7 Å². The number of esters is 1. The number of aromatic carboxylic acids is 1. The Morgan fingerprint density at radius 2 is 1.75 bits per heavy atom. The molecule has 210 valence electrons. The standard InChI is InChI=1S/C32H37N3O5/c1-7-12-23-18-21(19-35-26(8-2)34-27-20(3)17-24(30(36)37)33-29(27)35)15-16-25(23)39-28(22-13-10-9-11-14-22)31(38)40-32(4,5)6/h9-11,13-18,28H,7-8,12,19H2,1-6H3,(H,36,37). The minimum absolute atomic E-state index is 0.00156. The SMILES string of the molecule is CCCc1cc(Cn2c(CC)nc3c(C)cc(C(=O)O)nc32)ccc1OC(C(=O)OC(C)(C)C)c1ccccc1. The van der Waals surface area contributed by atoms with Gasteiger partial charge in [-0.15, -0.1) is 0 Å². The molecule has 0 spiro atoms. The smallest absolute Gasteiger partial charge is 0.354 e. The average Bonchev–Trinajstić information content (AvgIpc) is 3.25. The molecule has 2 aromatic heterocycles. The molecule has 1 N–H and O–H groups in total. The molecule has 0 aliphatic rings. The maximum Gasteiger partial charge on any atom is 0.354 e. The van der Waals surface area contributed by atoms with E-state index in [0.717, 1.165) is 40.9 Å². The van der Waals surface area contributed by atoms with Crippen LogP contribution >= 0.6 is 0 Å². The van der Waals surface area contributed by atoms with Crippen LogP contribution < -0.4 is 4.74 Å². The number of ether oxygens (including phenoxy) is 2.